The zero-order valence-electron chi connectivity index (χ0n) is 11.2. The Kier molecular flexibility index (Phi) is 11.3. The van der Waals surface area contributed by atoms with Crippen LogP contribution in [0.5, 0.6) is 0 Å². The van der Waals surface area contributed by atoms with Crippen LogP contribution < -0.4 is 11.2 Å². The number of unbranched alkanes of at least 4 members (excludes halogenated alkanes) is 5. The van der Waals surface area contributed by atoms with Crippen LogP contribution in [0.4, 0.5) is 0 Å². The number of nitrogens with zero attached hydrogens (tertiary/aromatic N) is 1. The van der Waals surface area contributed by atoms with Crippen molar-refractivity contribution in [3.05, 3.63) is 6.92 Å². The zero-order valence-corrected chi connectivity index (χ0v) is 11.2. The third kappa shape index (κ3) is 8.08. The molecule has 0 aromatic rings. The molecular weight excluding hydrogens is 198 g/mol. The van der Waals surface area contributed by atoms with Crippen molar-refractivity contribution in [3.8, 4) is 0 Å². The average molecular weight is 228 g/mol. The molecule has 97 valence electrons. The van der Waals surface area contributed by atoms with E-state index in [1.54, 1.807) is 0 Å². The number of hydrazine groups is 1. The molecule has 0 aromatic heterocycles. The molecule has 3 heteroatoms. The summed E-state index contributed by atoms with van der Waals surface area (Å²) in [6.45, 7) is 9.83. The van der Waals surface area contributed by atoms with Gasteiger partial charge in [-0.2, -0.15) is 0 Å². The maximum Gasteiger partial charge on any atom is 0.0567 e. The average Bonchev–Trinajstić information content (AvgIpc) is 2.30. The van der Waals surface area contributed by atoms with Gasteiger partial charge < -0.3 is 5.73 Å². The molecule has 0 rings (SSSR count). The normalized spacial score (nSPS) is 13.3. The van der Waals surface area contributed by atoms with Crippen LogP contribution in [0.3, 0.4) is 0 Å². The van der Waals surface area contributed by atoms with E-state index < -0.39 is 0 Å². The van der Waals surface area contributed by atoms with Gasteiger partial charge in [-0.05, 0) is 13.3 Å². The lowest BCUT2D eigenvalue weighted by molar-refractivity contribution is 0.135. The predicted molar refractivity (Wildman–Crippen MR) is 71.7 cm³/mol. The van der Waals surface area contributed by atoms with Gasteiger partial charge in [0.2, 0.25) is 0 Å². The molecule has 1 radical (unpaired) electrons. The molecule has 3 N–H and O–H groups in total. The second kappa shape index (κ2) is 11.4. The van der Waals surface area contributed by atoms with E-state index in [0.29, 0.717) is 12.7 Å². The monoisotopic (exact) mass is 228 g/mol. The fourth-order valence-electron chi connectivity index (χ4n) is 2.00. The molecule has 0 heterocycles. The molecule has 1 unspecified atom stereocenters. The summed E-state index contributed by atoms with van der Waals surface area (Å²) in [5.41, 5.74) is 8.69. The number of rotatable bonds is 11. The molecule has 0 bridgehead atoms. The third-order valence-corrected chi connectivity index (χ3v) is 3.04. The fourth-order valence-corrected chi connectivity index (χ4v) is 2.00. The van der Waals surface area contributed by atoms with Gasteiger partial charge in [-0.25, -0.2) is 10.4 Å². The Labute approximate surface area is 102 Å². The highest BCUT2D eigenvalue weighted by Gasteiger charge is 2.09. The van der Waals surface area contributed by atoms with Gasteiger partial charge >= 0.3 is 0 Å². The minimum absolute atomic E-state index is 0.529. The van der Waals surface area contributed by atoms with Gasteiger partial charge in [-0.3, -0.25) is 0 Å². The van der Waals surface area contributed by atoms with Gasteiger partial charge in [0.25, 0.3) is 0 Å². The molecule has 3 nitrogen and oxygen atoms in total. The molecule has 0 fully saturated rings. The van der Waals surface area contributed by atoms with Crippen molar-refractivity contribution in [2.75, 3.05) is 13.2 Å². The van der Waals surface area contributed by atoms with Crippen molar-refractivity contribution < 1.29 is 0 Å². The van der Waals surface area contributed by atoms with Crippen LogP contribution in [-0.4, -0.2) is 24.3 Å². The number of nitrogens with two attached hydrogens (primary N) is 1. The van der Waals surface area contributed by atoms with Crippen molar-refractivity contribution in [2.45, 2.75) is 64.8 Å². The smallest absolute Gasteiger partial charge is 0.0567 e. The highest BCUT2D eigenvalue weighted by molar-refractivity contribution is 4.62. The fraction of sp³-hybridized carbons (Fsp3) is 0.923. The lowest BCUT2D eigenvalue weighted by Crippen LogP contribution is -2.46. The van der Waals surface area contributed by atoms with Gasteiger partial charge in [-0.15, -0.1) is 0 Å². The maximum absolute atomic E-state index is 5.49. The van der Waals surface area contributed by atoms with Crippen LogP contribution in [-0.2, 0) is 0 Å². The van der Waals surface area contributed by atoms with E-state index in [4.69, 9.17) is 5.73 Å². The van der Waals surface area contributed by atoms with E-state index in [2.05, 4.69) is 31.2 Å². The highest BCUT2D eigenvalue weighted by atomic mass is 15.5. The molecule has 16 heavy (non-hydrogen) atoms. The maximum atomic E-state index is 5.49. The zero-order chi connectivity index (χ0) is 12.2. The summed E-state index contributed by atoms with van der Waals surface area (Å²) in [5.74, 6) is 0. The van der Waals surface area contributed by atoms with Crippen LogP contribution in [0.2, 0.25) is 0 Å². The summed E-state index contributed by atoms with van der Waals surface area (Å²) in [7, 11) is 0. The molecule has 0 saturated heterocycles. The van der Waals surface area contributed by atoms with E-state index in [1.165, 1.54) is 38.5 Å². The van der Waals surface area contributed by atoms with E-state index in [0.717, 1.165) is 13.0 Å². The van der Waals surface area contributed by atoms with Crippen LogP contribution in [0, 0.1) is 6.92 Å². The number of hydrogen-bond acceptors (Lipinski definition) is 3. The minimum Gasteiger partial charge on any atom is -0.317 e. The first kappa shape index (κ1) is 15.9. The predicted octanol–water partition coefficient (Wildman–Crippen LogP) is 2.68. The summed E-state index contributed by atoms with van der Waals surface area (Å²) in [4.78, 5) is 0. The Morgan fingerprint density at radius 1 is 1.19 bits per heavy atom. The topological polar surface area (TPSA) is 41.3 Å². The van der Waals surface area contributed by atoms with Crippen LogP contribution in [0.15, 0.2) is 0 Å². The van der Waals surface area contributed by atoms with Gasteiger partial charge in [0.15, 0.2) is 0 Å². The van der Waals surface area contributed by atoms with Gasteiger partial charge in [0.05, 0.1) is 6.67 Å². The van der Waals surface area contributed by atoms with E-state index in [-0.39, 0.29) is 0 Å². The Morgan fingerprint density at radius 3 is 2.38 bits per heavy atom. The Balaban J connectivity index is 3.43. The quantitative estimate of drug-likeness (QED) is 0.324. The largest absolute Gasteiger partial charge is 0.317 e. The molecule has 1 atom stereocenters. The van der Waals surface area contributed by atoms with Crippen LogP contribution in [0.1, 0.15) is 58.8 Å². The summed E-state index contributed by atoms with van der Waals surface area (Å²) >= 11 is 0. The first-order valence-corrected chi connectivity index (χ1v) is 6.75. The van der Waals surface area contributed by atoms with Crippen molar-refractivity contribution in [3.63, 3.8) is 0 Å². The standard InChI is InChI=1S/C13H30N3/c1-4-6-7-8-9-10-11-13(3)16(5-2)15-12-14/h13,15H,1,4-12,14H2,2-3H3. The second-order valence-corrected chi connectivity index (χ2v) is 4.41. The molecule has 0 aliphatic heterocycles. The van der Waals surface area contributed by atoms with E-state index in [9.17, 15) is 0 Å². The summed E-state index contributed by atoms with van der Waals surface area (Å²) in [6, 6.07) is 0.585. The van der Waals surface area contributed by atoms with Gasteiger partial charge in [0, 0.05) is 12.6 Å². The Bertz CT molecular complexity index is 139. The molecule has 0 saturated carbocycles. The van der Waals surface area contributed by atoms with Gasteiger partial charge in [0.1, 0.15) is 0 Å². The first-order valence-electron chi connectivity index (χ1n) is 6.75. The third-order valence-electron chi connectivity index (χ3n) is 3.04. The van der Waals surface area contributed by atoms with Crippen molar-refractivity contribution in [1.82, 2.24) is 10.4 Å². The lowest BCUT2D eigenvalue weighted by Gasteiger charge is -2.27. The van der Waals surface area contributed by atoms with Crippen molar-refractivity contribution >= 4 is 0 Å². The first-order chi connectivity index (χ1) is 7.76. The summed E-state index contributed by atoms with van der Waals surface area (Å²) in [5, 5.41) is 2.23. The number of hydrogen-bond donors (Lipinski definition) is 2. The molecule has 0 aromatic carbocycles. The van der Waals surface area contributed by atoms with Gasteiger partial charge in [-0.1, -0.05) is 52.4 Å². The number of nitrogens with one attached hydrogen (secondary N) is 1. The molecule has 0 spiro atoms. The second-order valence-electron chi connectivity index (χ2n) is 4.41. The molecule has 0 amide bonds. The van der Waals surface area contributed by atoms with E-state index >= 15 is 0 Å². The minimum atomic E-state index is 0.529. The Morgan fingerprint density at radius 2 is 1.81 bits per heavy atom. The van der Waals surface area contributed by atoms with Crippen LogP contribution >= 0.6 is 0 Å². The van der Waals surface area contributed by atoms with Crippen molar-refractivity contribution in [1.29, 1.82) is 0 Å². The van der Waals surface area contributed by atoms with Crippen molar-refractivity contribution in [2.24, 2.45) is 5.73 Å². The lowest BCUT2D eigenvalue weighted by atomic mass is 10.1. The Hall–Kier alpha value is -0.120. The summed E-state index contributed by atoms with van der Waals surface area (Å²) < 4.78 is 0. The SMILES string of the molecule is [CH2]CCCCCCCC(C)N(CC)NCN. The van der Waals surface area contributed by atoms with E-state index in [1.807, 2.05) is 0 Å². The molecule has 0 aliphatic carbocycles. The highest BCUT2D eigenvalue weighted by Crippen LogP contribution is 2.10. The van der Waals surface area contributed by atoms with Crippen LogP contribution in [0.25, 0.3) is 0 Å². The molecule has 0 aliphatic rings. The molecular formula is C13H30N3. The summed E-state index contributed by atoms with van der Waals surface area (Å²) in [6.07, 6.45) is 9.00.